The minimum Gasteiger partial charge on any atom is -0.462 e. The number of allylic oxidation sites excluding steroid dienone is 1. The first-order valence-electron chi connectivity index (χ1n) is 11.0. The molecule has 0 aromatic heterocycles. The summed E-state index contributed by atoms with van der Waals surface area (Å²) in [6.45, 7) is 8.00. The lowest BCUT2D eigenvalue weighted by Gasteiger charge is -2.58. The maximum atomic E-state index is 11.4. The third kappa shape index (κ3) is 2.45. The monoisotopic (exact) mass is 374 g/mol. The third-order valence-electron chi connectivity index (χ3n) is 9.19. The van der Waals surface area contributed by atoms with Crippen molar-refractivity contribution >= 4 is 5.97 Å². The number of hydrogen-bond donors (Lipinski definition) is 0. The van der Waals surface area contributed by atoms with Crippen LogP contribution < -0.4 is 0 Å². The quantitative estimate of drug-likeness (QED) is 0.496. The van der Waals surface area contributed by atoms with Crippen LogP contribution in [-0.4, -0.2) is 31.1 Å². The van der Waals surface area contributed by atoms with Crippen LogP contribution in [0.1, 0.15) is 72.1 Å². The molecule has 0 amide bonds. The zero-order chi connectivity index (χ0) is 18.9. The maximum absolute atomic E-state index is 11.4. The van der Waals surface area contributed by atoms with Gasteiger partial charge in [-0.2, -0.15) is 0 Å². The van der Waals surface area contributed by atoms with Gasteiger partial charge in [-0.1, -0.05) is 25.5 Å². The SMILES string of the molecule is CC(=O)O[C@@H]1CC[C@@]2(C)C(=CC[C@@H]3[C@@H]2CC[C@@]2(C)[C@H]3CCC23OCCO3)C1. The second-order valence-electron chi connectivity index (χ2n) is 10.2. The topological polar surface area (TPSA) is 44.8 Å². The fourth-order valence-corrected chi connectivity index (χ4v) is 7.85. The van der Waals surface area contributed by atoms with Gasteiger partial charge in [0.1, 0.15) is 6.10 Å². The molecule has 5 aliphatic rings. The summed E-state index contributed by atoms with van der Waals surface area (Å²) in [5.74, 6) is 1.76. The van der Waals surface area contributed by atoms with E-state index in [4.69, 9.17) is 14.2 Å². The van der Waals surface area contributed by atoms with Gasteiger partial charge >= 0.3 is 5.97 Å². The summed E-state index contributed by atoms with van der Waals surface area (Å²) >= 11 is 0. The molecule has 0 bridgehead atoms. The second kappa shape index (κ2) is 6.06. The van der Waals surface area contributed by atoms with Crippen LogP contribution in [0.25, 0.3) is 0 Å². The Morgan fingerprint density at radius 3 is 2.56 bits per heavy atom. The van der Waals surface area contributed by atoms with Gasteiger partial charge < -0.3 is 14.2 Å². The molecule has 4 fully saturated rings. The van der Waals surface area contributed by atoms with E-state index >= 15 is 0 Å². The molecule has 6 atom stereocenters. The molecule has 1 heterocycles. The lowest BCUT2D eigenvalue weighted by molar-refractivity contribution is -0.242. The first-order chi connectivity index (χ1) is 12.9. The molecule has 1 aliphatic heterocycles. The van der Waals surface area contributed by atoms with Crippen LogP contribution in [0, 0.1) is 28.6 Å². The van der Waals surface area contributed by atoms with Crippen molar-refractivity contribution in [2.45, 2.75) is 84.0 Å². The van der Waals surface area contributed by atoms with Crippen molar-refractivity contribution in [1.29, 1.82) is 0 Å². The van der Waals surface area contributed by atoms with Crippen LogP contribution in [-0.2, 0) is 19.0 Å². The molecule has 4 heteroatoms. The highest BCUT2D eigenvalue weighted by molar-refractivity contribution is 5.66. The second-order valence-corrected chi connectivity index (χ2v) is 10.2. The van der Waals surface area contributed by atoms with E-state index in [2.05, 4.69) is 19.9 Å². The van der Waals surface area contributed by atoms with E-state index in [0.717, 1.165) is 50.7 Å². The smallest absolute Gasteiger partial charge is 0.302 e. The van der Waals surface area contributed by atoms with Gasteiger partial charge in [-0.25, -0.2) is 0 Å². The maximum Gasteiger partial charge on any atom is 0.302 e. The minimum absolute atomic E-state index is 0.0854. The lowest BCUT2D eigenvalue weighted by atomic mass is 9.47. The molecule has 0 unspecified atom stereocenters. The van der Waals surface area contributed by atoms with Crippen molar-refractivity contribution in [3.63, 3.8) is 0 Å². The van der Waals surface area contributed by atoms with E-state index in [-0.39, 0.29) is 28.7 Å². The van der Waals surface area contributed by atoms with E-state index < -0.39 is 0 Å². The number of hydrogen-bond acceptors (Lipinski definition) is 4. The first-order valence-corrected chi connectivity index (χ1v) is 11.0. The summed E-state index contributed by atoms with van der Waals surface area (Å²) < 4.78 is 18.1. The highest BCUT2D eigenvalue weighted by atomic mass is 16.7. The molecule has 0 aromatic rings. The minimum atomic E-state index is -0.305. The van der Waals surface area contributed by atoms with Crippen molar-refractivity contribution < 1.29 is 19.0 Å². The van der Waals surface area contributed by atoms with Crippen LogP contribution in [0.5, 0.6) is 0 Å². The summed E-state index contributed by atoms with van der Waals surface area (Å²) in [4.78, 5) is 11.4. The Hall–Kier alpha value is -0.870. The van der Waals surface area contributed by atoms with Gasteiger partial charge in [-0.3, -0.25) is 4.79 Å². The van der Waals surface area contributed by atoms with Gasteiger partial charge in [-0.15, -0.1) is 0 Å². The molecule has 3 saturated carbocycles. The van der Waals surface area contributed by atoms with E-state index in [1.807, 2.05) is 0 Å². The van der Waals surface area contributed by atoms with Crippen molar-refractivity contribution in [3.05, 3.63) is 11.6 Å². The molecule has 27 heavy (non-hydrogen) atoms. The normalized spacial score (nSPS) is 47.7. The molecule has 1 spiro atoms. The van der Waals surface area contributed by atoms with Crippen LogP contribution in [0.3, 0.4) is 0 Å². The zero-order valence-electron chi connectivity index (χ0n) is 17.1. The molecule has 150 valence electrons. The number of carbonyl (C=O) groups is 1. The fourth-order valence-electron chi connectivity index (χ4n) is 7.85. The number of esters is 1. The Balaban J connectivity index is 1.41. The van der Waals surface area contributed by atoms with Crippen LogP contribution in [0.2, 0.25) is 0 Å². The third-order valence-corrected chi connectivity index (χ3v) is 9.19. The van der Waals surface area contributed by atoms with Gasteiger partial charge in [-0.05, 0) is 61.7 Å². The predicted molar refractivity (Wildman–Crippen MR) is 102 cm³/mol. The average molecular weight is 375 g/mol. The van der Waals surface area contributed by atoms with Crippen molar-refractivity contribution in [2.24, 2.45) is 28.6 Å². The van der Waals surface area contributed by atoms with Crippen molar-refractivity contribution in [3.8, 4) is 0 Å². The summed E-state index contributed by atoms with van der Waals surface area (Å²) in [5.41, 5.74) is 2.01. The predicted octanol–water partition coefficient (Wildman–Crippen LogP) is 4.62. The summed E-state index contributed by atoms with van der Waals surface area (Å²) in [7, 11) is 0. The zero-order valence-corrected chi connectivity index (χ0v) is 17.1. The van der Waals surface area contributed by atoms with Gasteiger partial charge in [0.15, 0.2) is 5.79 Å². The highest BCUT2D eigenvalue weighted by Gasteiger charge is 2.66. The van der Waals surface area contributed by atoms with E-state index in [9.17, 15) is 4.79 Å². The van der Waals surface area contributed by atoms with E-state index in [1.54, 1.807) is 5.57 Å². The molecule has 4 nitrogen and oxygen atoms in total. The molecule has 1 saturated heterocycles. The summed E-state index contributed by atoms with van der Waals surface area (Å²) in [5, 5.41) is 0. The molecule has 0 radical (unpaired) electrons. The molecule has 5 rings (SSSR count). The molecular formula is C23H34O4. The number of fused-ring (bicyclic) bond motifs is 6. The Morgan fingerprint density at radius 2 is 1.81 bits per heavy atom. The van der Waals surface area contributed by atoms with E-state index in [1.165, 1.54) is 32.6 Å². The lowest BCUT2D eigenvalue weighted by Crippen LogP contribution is -2.55. The van der Waals surface area contributed by atoms with Gasteiger partial charge in [0.25, 0.3) is 0 Å². The van der Waals surface area contributed by atoms with Crippen LogP contribution in [0.4, 0.5) is 0 Å². The molecule has 0 N–H and O–H groups in total. The number of carbonyl (C=O) groups excluding carboxylic acids is 1. The van der Waals surface area contributed by atoms with E-state index in [0.29, 0.717) is 5.92 Å². The van der Waals surface area contributed by atoms with Gasteiger partial charge in [0, 0.05) is 25.2 Å². The largest absolute Gasteiger partial charge is 0.462 e. The first kappa shape index (κ1) is 18.2. The summed E-state index contributed by atoms with van der Waals surface area (Å²) in [6, 6.07) is 0. The Bertz CT molecular complexity index is 663. The van der Waals surface area contributed by atoms with Gasteiger partial charge in [0.05, 0.1) is 13.2 Å². The number of rotatable bonds is 1. The Morgan fingerprint density at radius 1 is 1.07 bits per heavy atom. The molecule has 4 aliphatic carbocycles. The Labute approximate surface area is 163 Å². The van der Waals surface area contributed by atoms with Gasteiger partial charge in [0.2, 0.25) is 0 Å². The van der Waals surface area contributed by atoms with Crippen LogP contribution >= 0.6 is 0 Å². The number of ether oxygens (including phenoxy) is 3. The van der Waals surface area contributed by atoms with Crippen LogP contribution in [0.15, 0.2) is 11.6 Å². The van der Waals surface area contributed by atoms with Crippen molar-refractivity contribution in [2.75, 3.05) is 13.2 Å². The highest BCUT2D eigenvalue weighted by Crippen LogP contribution is 2.68. The fraction of sp³-hybridized carbons (Fsp3) is 0.870. The summed E-state index contributed by atoms with van der Waals surface area (Å²) in [6.07, 6.45) is 11.7. The van der Waals surface area contributed by atoms with Crippen molar-refractivity contribution in [1.82, 2.24) is 0 Å². The molecule has 0 aromatic carbocycles. The average Bonchev–Trinajstić information content (AvgIpc) is 3.21. The molecular weight excluding hydrogens is 340 g/mol. The Kier molecular flexibility index (Phi) is 4.08. The standard InChI is InChI=1S/C23H34O4/c1-15(24)27-17-6-9-21(2)16(14-17)4-5-18-19(21)7-10-22(3)20(18)8-11-23(22)25-12-13-26-23/h4,17-20H,5-14H2,1-3H3/t17-,18-,19+,20+,21+,22+/m1/s1.